The van der Waals surface area contributed by atoms with Crippen molar-refractivity contribution >= 4 is 5.82 Å². The Bertz CT molecular complexity index is 383. The lowest BCUT2D eigenvalue weighted by molar-refractivity contribution is 0.178. The van der Waals surface area contributed by atoms with Crippen molar-refractivity contribution in [2.45, 2.75) is 38.1 Å². The molecule has 1 aromatic heterocycles. The second-order valence-corrected chi connectivity index (χ2v) is 4.79. The molecule has 1 aliphatic carbocycles. The van der Waals surface area contributed by atoms with Gasteiger partial charge >= 0.3 is 0 Å². The minimum Gasteiger partial charge on any atom is -0.383 e. The highest BCUT2D eigenvalue weighted by Gasteiger charge is 2.15. The summed E-state index contributed by atoms with van der Waals surface area (Å²) >= 11 is 0. The monoisotopic (exact) mass is 250 g/mol. The Morgan fingerprint density at radius 3 is 3.06 bits per heavy atom. The van der Waals surface area contributed by atoms with Crippen LogP contribution in [0.2, 0.25) is 0 Å². The lowest BCUT2D eigenvalue weighted by Gasteiger charge is -2.18. The molecule has 0 fully saturated rings. The number of rotatable bonds is 6. The van der Waals surface area contributed by atoms with E-state index in [0.717, 1.165) is 31.6 Å². The minimum absolute atomic E-state index is 0.0835. The van der Waals surface area contributed by atoms with Crippen LogP contribution in [-0.2, 0) is 17.6 Å². The Kier molecular flexibility index (Phi) is 4.90. The number of nitrogens with zero attached hydrogens (tertiary/aromatic N) is 2. The van der Waals surface area contributed by atoms with Gasteiger partial charge in [-0.25, -0.2) is 9.97 Å². The van der Waals surface area contributed by atoms with Crippen LogP contribution in [0.5, 0.6) is 0 Å². The summed E-state index contributed by atoms with van der Waals surface area (Å²) in [5.74, 6) is 0.990. The van der Waals surface area contributed by atoms with Gasteiger partial charge in [0.1, 0.15) is 12.1 Å². The van der Waals surface area contributed by atoms with Crippen molar-refractivity contribution < 1.29 is 4.74 Å². The maximum absolute atomic E-state index is 5.89. The topological polar surface area (TPSA) is 73.1 Å². The van der Waals surface area contributed by atoms with E-state index in [1.54, 1.807) is 13.4 Å². The molecule has 1 atom stereocenters. The number of nitrogens with two attached hydrogens (primary N) is 1. The number of anilines is 1. The van der Waals surface area contributed by atoms with Crippen LogP contribution in [0.3, 0.4) is 0 Å². The lowest BCUT2D eigenvalue weighted by atomic mass is 9.96. The first kappa shape index (κ1) is 13.2. The van der Waals surface area contributed by atoms with Crippen molar-refractivity contribution in [1.29, 1.82) is 0 Å². The molecule has 2 rings (SSSR count). The van der Waals surface area contributed by atoms with Gasteiger partial charge in [0, 0.05) is 31.0 Å². The summed E-state index contributed by atoms with van der Waals surface area (Å²) in [6.07, 6.45) is 7.17. The summed E-state index contributed by atoms with van der Waals surface area (Å²) in [7, 11) is 1.67. The molecule has 18 heavy (non-hydrogen) atoms. The average molecular weight is 250 g/mol. The smallest absolute Gasteiger partial charge is 0.132 e. The Labute approximate surface area is 108 Å². The van der Waals surface area contributed by atoms with Gasteiger partial charge < -0.3 is 15.8 Å². The molecule has 0 aromatic carbocycles. The minimum atomic E-state index is 0.0835. The fourth-order valence-electron chi connectivity index (χ4n) is 2.35. The van der Waals surface area contributed by atoms with Crippen LogP contribution < -0.4 is 11.1 Å². The number of methoxy groups -OCH3 is 1. The van der Waals surface area contributed by atoms with Gasteiger partial charge in [-0.05, 0) is 32.1 Å². The van der Waals surface area contributed by atoms with Crippen molar-refractivity contribution in [1.82, 2.24) is 9.97 Å². The Morgan fingerprint density at radius 1 is 1.39 bits per heavy atom. The summed E-state index contributed by atoms with van der Waals surface area (Å²) in [4.78, 5) is 8.70. The van der Waals surface area contributed by atoms with E-state index in [9.17, 15) is 0 Å². The summed E-state index contributed by atoms with van der Waals surface area (Å²) in [6, 6.07) is 0.0835. The van der Waals surface area contributed by atoms with E-state index in [1.165, 1.54) is 24.1 Å². The molecule has 0 aliphatic heterocycles. The molecule has 0 saturated carbocycles. The first-order valence-electron chi connectivity index (χ1n) is 6.62. The highest BCUT2D eigenvalue weighted by molar-refractivity contribution is 5.46. The van der Waals surface area contributed by atoms with E-state index in [4.69, 9.17) is 10.5 Å². The van der Waals surface area contributed by atoms with Gasteiger partial charge in [0.15, 0.2) is 0 Å². The Morgan fingerprint density at radius 2 is 2.22 bits per heavy atom. The van der Waals surface area contributed by atoms with Gasteiger partial charge in [-0.15, -0.1) is 0 Å². The molecule has 5 nitrogen and oxygen atoms in total. The fourth-order valence-corrected chi connectivity index (χ4v) is 2.35. The second-order valence-electron chi connectivity index (χ2n) is 4.79. The average Bonchev–Trinajstić information content (AvgIpc) is 2.39. The van der Waals surface area contributed by atoms with Crippen LogP contribution >= 0.6 is 0 Å². The van der Waals surface area contributed by atoms with Gasteiger partial charge in [-0.2, -0.15) is 0 Å². The third-order valence-corrected chi connectivity index (χ3v) is 3.31. The molecule has 1 aliphatic rings. The van der Waals surface area contributed by atoms with Crippen molar-refractivity contribution in [3.63, 3.8) is 0 Å². The molecule has 1 aromatic rings. The number of hydrogen-bond donors (Lipinski definition) is 2. The van der Waals surface area contributed by atoms with E-state index in [1.807, 2.05) is 0 Å². The second kappa shape index (κ2) is 6.66. The number of aryl methyl sites for hydroxylation is 1. The highest BCUT2D eigenvalue weighted by atomic mass is 16.5. The largest absolute Gasteiger partial charge is 0.383 e. The molecular weight excluding hydrogens is 228 g/mol. The molecule has 0 spiro atoms. The number of fused-ring (bicyclic) bond motifs is 1. The molecule has 0 radical (unpaired) electrons. The van der Waals surface area contributed by atoms with Crippen LogP contribution in [0.1, 0.15) is 30.5 Å². The number of ether oxygens (including phenoxy) is 1. The fraction of sp³-hybridized carbons (Fsp3) is 0.692. The van der Waals surface area contributed by atoms with Crippen molar-refractivity contribution in [3.05, 3.63) is 17.6 Å². The zero-order chi connectivity index (χ0) is 12.8. The molecule has 1 heterocycles. The van der Waals surface area contributed by atoms with E-state index in [-0.39, 0.29) is 6.04 Å². The first-order chi connectivity index (χ1) is 8.81. The molecule has 1 unspecified atom stereocenters. The predicted octanol–water partition coefficient (Wildman–Crippen LogP) is 1.13. The third kappa shape index (κ3) is 3.40. The molecule has 100 valence electrons. The maximum atomic E-state index is 5.89. The molecule has 0 amide bonds. The van der Waals surface area contributed by atoms with Crippen molar-refractivity contribution in [2.75, 3.05) is 25.6 Å². The Hall–Kier alpha value is -1.20. The zero-order valence-corrected chi connectivity index (χ0v) is 11.0. The van der Waals surface area contributed by atoms with Crippen LogP contribution in [0.25, 0.3) is 0 Å². The molecule has 3 N–H and O–H groups in total. The molecule has 0 saturated heterocycles. The molecule has 0 bridgehead atoms. The Balaban J connectivity index is 1.89. The van der Waals surface area contributed by atoms with E-state index in [0.29, 0.717) is 6.61 Å². The lowest BCUT2D eigenvalue weighted by Crippen LogP contribution is -2.28. The standard InChI is InChI=1S/C13H22N4O/c1-18-8-10(14)6-7-15-13-11-4-2-3-5-12(11)16-9-17-13/h9-10H,2-8,14H2,1H3,(H,15,16,17). The van der Waals surface area contributed by atoms with E-state index < -0.39 is 0 Å². The van der Waals surface area contributed by atoms with Gasteiger partial charge in [0.25, 0.3) is 0 Å². The quantitative estimate of drug-likeness (QED) is 0.792. The highest BCUT2D eigenvalue weighted by Crippen LogP contribution is 2.24. The maximum Gasteiger partial charge on any atom is 0.132 e. The van der Waals surface area contributed by atoms with E-state index in [2.05, 4.69) is 15.3 Å². The van der Waals surface area contributed by atoms with Gasteiger partial charge in [0.05, 0.1) is 6.61 Å². The number of aromatic nitrogens is 2. The zero-order valence-electron chi connectivity index (χ0n) is 11.0. The van der Waals surface area contributed by atoms with Crippen LogP contribution in [0, 0.1) is 0 Å². The number of nitrogens with one attached hydrogen (secondary N) is 1. The van der Waals surface area contributed by atoms with Gasteiger partial charge in [-0.1, -0.05) is 0 Å². The summed E-state index contributed by atoms with van der Waals surface area (Å²) in [5.41, 5.74) is 8.39. The van der Waals surface area contributed by atoms with Crippen LogP contribution in [0.4, 0.5) is 5.82 Å². The number of hydrogen-bond acceptors (Lipinski definition) is 5. The summed E-state index contributed by atoms with van der Waals surface area (Å²) < 4.78 is 5.02. The predicted molar refractivity (Wildman–Crippen MR) is 71.6 cm³/mol. The SMILES string of the molecule is COCC(N)CCNc1ncnc2c1CCCC2. The third-order valence-electron chi connectivity index (χ3n) is 3.31. The van der Waals surface area contributed by atoms with Crippen LogP contribution in [-0.4, -0.2) is 36.3 Å². The van der Waals surface area contributed by atoms with E-state index >= 15 is 0 Å². The summed E-state index contributed by atoms with van der Waals surface area (Å²) in [5, 5.41) is 3.38. The first-order valence-corrected chi connectivity index (χ1v) is 6.62. The van der Waals surface area contributed by atoms with Crippen molar-refractivity contribution in [2.24, 2.45) is 5.73 Å². The van der Waals surface area contributed by atoms with Crippen molar-refractivity contribution in [3.8, 4) is 0 Å². The molecule has 5 heteroatoms. The van der Waals surface area contributed by atoms with Crippen LogP contribution in [0.15, 0.2) is 6.33 Å². The normalized spacial score (nSPS) is 16.1. The van der Waals surface area contributed by atoms with Gasteiger partial charge in [0.2, 0.25) is 0 Å². The summed E-state index contributed by atoms with van der Waals surface area (Å²) in [6.45, 7) is 1.43. The molecular formula is C13H22N4O. The van der Waals surface area contributed by atoms with Gasteiger partial charge in [-0.3, -0.25) is 0 Å².